The highest BCUT2D eigenvalue weighted by atomic mass is 35.5. The SMILES string of the molecule is O=S(=O)(F)c1cnn(Cc2ccc(Cl)cc2)c1. The highest BCUT2D eigenvalue weighted by Crippen LogP contribution is 2.13. The van der Waals surface area contributed by atoms with Crippen LogP contribution in [0.2, 0.25) is 5.02 Å². The number of nitrogens with zero attached hydrogens (tertiary/aromatic N) is 2. The van der Waals surface area contributed by atoms with Crippen molar-refractivity contribution in [3.63, 3.8) is 0 Å². The molecule has 4 nitrogen and oxygen atoms in total. The largest absolute Gasteiger partial charge is 0.335 e. The van der Waals surface area contributed by atoms with E-state index >= 15 is 0 Å². The van der Waals surface area contributed by atoms with Crippen molar-refractivity contribution in [2.24, 2.45) is 0 Å². The van der Waals surface area contributed by atoms with E-state index in [1.54, 1.807) is 24.3 Å². The highest BCUT2D eigenvalue weighted by Gasteiger charge is 2.14. The summed E-state index contributed by atoms with van der Waals surface area (Å²) < 4.78 is 35.2. The van der Waals surface area contributed by atoms with Gasteiger partial charge in [0.25, 0.3) is 0 Å². The third-order valence-corrected chi connectivity index (χ3v) is 3.17. The van der Waals surface area contributed by atoms with Crippen molar-refractivity contribution in [2.75, 3.05) is 0 Å². The van der Waals surface area contributed by atoms with Crippen LogP contribution in [-0.4, -0.2) is 18.2 Å². The average Bonchev–Trinajstić information content (AvgIpc) is 2.69. The van der Waals surface area contributed by atoms with Gasteiger partial charge >= 0.3 is 10.2 Å². The van der Waals surface area contributed by atoms with E-state index in [-0.39, 0.29) is 0 Å². The Labute approximate surface area is 103 Å². The number of halogens is 2. The van der Waals surface area contributed by atoms with Crippen LogP contribution in [-0.2, 0) is 16.8 Å². The van der Waals surface area contributed by atoms with E-state index < -0.39 is 15.1 Å². The molecule has 0 radical (unpaired) electrons. The molecule has 1 heterocycles. The summed E-state index contributed by atoms with van der Waals surface area (Å²) in [5.41, 5.74) is 0.889. The summed E-state index contributed by atoms with van der Waals surface area (Å²) in [6, 6.07) is 7.00. The van der Waals surface area contributed by atoms with Crippen molar-refractivity contribution in [2.45, 2.75) is 11.4 Å². The molecule has 1 aromatic carbocycles. The molecule has 0 aliphatic rings. The molecule has 0 aliphatic carbocycles. The number of rotatable bonds is 3. The number of aromatic nitrogens is 2. The Morgan fingerprint density at radius 2 is 1.94 bits per heavy atom. The van der Waals surface area contributed by atoms with Crippen molar-refractivity contribution < 1.29 is 12.3 Å². The Morgan fingerprint density at radius 3 is 2.47 bits per heavy atom. The van der Waals surface area contributed by atoms with Gasteiger partial charge < -0.3 is 0 Å². The second-order valence-electron chi connectivity index (χ2n) is 3.44. The molecule has 1 aromatic heterocycles. The molecule has 2 aromatic rings. The van der Waals surface area contributed by atoms with Crippen LogP contribution >= 0.6 is 11.6 Å². The van der Waals surface area contributed by atoms with E-state index in [1.807, 2.05) is 0 Å². The van der Waals surface area contributed by atoms with Gasteiger partial charge in [0, 0.05) is 11.2 Å². The molecule has 0 N–H and O–H groups in total. The van der Waals surface area contributed by atoms with E-state index in [2.05, 4.69) is 5.10 Å². The van der Waals surface area contributed by atoms with Gasteiger partial charge in [-0.3, -0.25) is 4.68 Å². The standard InChI is InChI=1S/C10H8ClFN2O2S/c11-9-3-1-8(2-4-9)6-14-7-10(5-13-14)17(12,15)16/h1-5,7H,6H2. The lowest BCUT2D eigenvalue weighted by molar-refractivity contribution is 0.551. The van der Waals surface area contributed by atoms with Crippen LogP contribution in [0.15, 0.2) is 41.6 Å². The predicted octanol–water partition coefficient (Wildman–Crippen LogP) is 2.24. The maximum absolute atomic E-state index is 12.6. The first-order valence-electron chi connectivity index (χ1n) is 4.67. The fourth-order valence-corrected chi connectivity index (χ4v) is 1.88. The molecule has 17 heavy (non-hydrogen) atoms. The maximum Gasteiger partial charge on any atom is 0.335 e. The van der Waals surface area contributed by atoms with Gasteiger partial charge in [0.15, 0.2) is 0 Å². The first-order valence-corrected chi connectivity index (χ1v) is 6.43. The summed E-state index contributed by atoms with van der Waals surface area (Å²) in [6.45, 7) is 0.354. The molecule has 0 saturated carbocycles. The fourth-order valence-electron chi connectivity index (χ4n) is 1.33. The van der Waals surface area contributed by atoms with Gasteiger partial charge in [0.1, 0.15) is 4.90 Å². The summed E-state index contributed by atoms with van der Waals surface area (Å²) in [6.07, 6.45) is 2.12. The van der Waals surface area contributed by atoms with Crippen molar-refractivity contribution in [3.8, 4) is 0 Å². The molecule has 0 fully saturated rings. The van der Waals surface area contributed by atoms with Gasteiger partial charge in [-0.15, -0.1) is 3.89 Å². The molecular weight excluding hydrogens is 267 g/mol. The molecule has 7 heteroatoms. The van der Waals surface area contributed by atoms with Gasteiger partial charge in [-0.05, 0) is 17.7 Å². The van der Waals surface area contributed by atoms with Gasteiger partial charge in [-0.1, -0.05) is 23.7 Å². The summed E-state index contributed by atoms with van der Waals surface area (Å²) in [4.78, 5) is -0.438. The highest BCUT2D eigenvalue weighted by molar-refractivity contribution is 7.86. The minimum atomic E-state index is -4.69. The molecule has 0 aliphatic heterocycles. The zero-order valence-electron chi connectivity index (χ0n) is 8.55. The molecular formula is C10H8ClFN2O2S. The third kappa shape index (κ3) is 3.04. The molecule has 2 rings (SSSR count). The van der Waals surface area contributed by atoms with Gasteiger partial charge in [0.05, 0.1) is 12.7 Å². The van der Waals surface area contributed by atoms with Crippen LogP contribution in [0.25, 0.3) is 0 Å². The van der Waals surface area contributed by atoms with Crippen molar-refractivity contribution >= 4 is 21.8 Å². The molecule has 0 atom stereocenters. The topological polar surface area (TPSA) is 52.0 Å². The maximum atomic E-state index is 12.6. The molecule has 0 amide bonds. The van der Waals surface area contributed by atoms with E-state index in [9.17, 15) is 12.3 Å². The average molecular weight is 275 g/mol. The molecule has 0 saturated heterocycles. The van der Waals surface area contributed by atoms with E-state index in [0.29, 0.717) is 11.6 Å². The number of benzene rings is 1. The first-order chi connectivity index (χ1) is 7.95. The van der Waals surface area contributed by atoms with Crippen LogP contribution < -0.4 is 0 Å². The Morgan fingerprint density at radius 1 is 1.29 bits per heavy atom. The molecule has 0 bridgehead atoms. The van der Waals surface area contributed by atoms with Gasteiger partial charge in [0.2, 0.25) is 0 Å². The fraction of sp³-hybridized carbons (Fsp3) is 0.100. The Balaban J connectivity index is 2.20. The molecule has 90 valence electrons. The van der Waals surface area contributed by atoms with Crippen LogP contribution in [0.4, 0.5) is 3.89 Å². The second-order valence-corrected chi connectivity index (χ2v) is 5.22. The lowest BCUT2D eigenvalue weighted by Crippen LogP contribution is -1.99. The lowest BCUT2D eigenvalue weighted by Gasteiger charge is -2.01. The summed E-state index contributed by atoms with van der Waals surface area (Å²) >= 11 is 5.73. The Kier molecular flexibility index (Phi) is 3.17. The van der Waals surface area contributed by atoms with E-state index in [0.717, 1.165) is 18.0 Å². The van der Waals surface area contributed by atoms with Crippen LogP contribution in [0.5, 0.6) is 0 Å². The van der Waals surface area contributed by atoms with E-state index in [4.69, 9.17) is 11.6 Å². The summed E-state index contributed by atoms with van der Waals surface area (Å²) in [5.74, 6) is 0. The van der Waals surface area contributed by atoms with Crippen molar-refractivity contribution in [1.82, 2.24) is 9.78 Å². The minimum absolute atomic E-state index is 0.354. The predicted molar refractivity (Wildman–Crippen MR) is 61.1 cm³/mol. The molecule has 0 unspecified atom stereocenters. The van der Waals surface area contributed by atoms with Gasteiger partial charge in [-0.25, -0.2) is 0 Å². The third-order valence-electron chi connectivity index (χ3n) is 2.15. The number of hydrogen-bond acceptors (Lipinski definition) is 3. The zero-order chi connectivity index (χ0) is 12.5. The minimum Gasteiger partial charge on any atom is -0.267 e. The van der Waals surface area contributed by atoms with Crippen molar-refractivity contribution in [3.05, 3.63) is 47.2 Å². The summed E-state index contributed by atoms with van der Waals surface area (Å²) in [7, 11) is -4.69. The zero-order valence-corrected chi connectivity index (χ0v) is 10.1. The van der Waals surface area contributed by atoms with Crippen LogP contribution in [0.1, 0.15) is 5.56 Å². The summed E-state index contributed by atoms with van der Waals surface area (Å²) in [5, 5.41) is 4.38. The van der Waals surface area contributed by atoms with Crippen LogP contribution in [0, 0.1) is 0 Å². The Bertz CT molecular complexity index is 622. The lowest BCUT2D eigenvalue weighted by atomic mass is 10.2. The smallest absolute Gasteiger partial charge is 0.267 e. The Hall–Kier alpha value is -1.40. The first kappa shape index (κ1) is 12.1. The van der Waals surface area contributed by atoms with E-state index in [1.165, 1.54) is 4.68 Å². The quantitative estimate of drug-likeness (QED) is 0.807. The monoisotopic (exact) mass is 274 g/mol. The molecule has 0 spiro atoms. The van der Waals surface area contributed by atoms with Crippen LogP contribution in [0.3, 0.4) is 0 Å². The normalized spacial score (nSPS) is 11.6. The number of hydrogen-bond donors (Lipinski definition) is 0. The van der Waals surface area contributed by atoms with Crippen molar-refractivity contribution in [1.29, 1.82) is 0 Å². The second kappa shape index (κ2) is 4.46. The van der Waals surface area contributed by atoms with Gasteiger partial charge in [-0.2, -0.15) is 13.5 Å².